The van der Waals surface area contributed by atoms with Crippen molar-refractivity contribution in [3.8, 4) is 5.69 Å². The molecule has 2 fully saturated rings. The van der Waals surface area contributed by atoms with E-state index in [1.165, 1.54) is 35.8 Å². The molecule has 0 bridgehead atoms. The third-order valence-electron chi connectivity index (χ3n) is 11.5. The first-order valence-corrected chi connectivity index (χ1v) is 16.3. The number of hydrogen-bond acceptors (Lipinski definition) is 4. The molecule has 0 spiro atoms. The summed E-state index contributed by atoms with van der Waals surface area (Å²) in [4.78, 5) is 28.3. The van der Waals surface area contributed by atoms with E-state index in [0.717, 1.165) is 36.3 Å². The molecule has 0 radical (unpaired) electrons. The summed E-state index contributed by atoms with van der Waals surface area (Å²) in [6.45, 7) is 11.5. The van der Waals surface area contributed by atoms with Crippen LogP contribution in [0.1, 0.15) is 104 Å². The molecule has 42 heavy (non-hydrogen) atoms. The fraction of sp³-hybridized carbons (Fsp3) is 0.657. The van der Waals surface area contributed by atoms with Gasteiger partial charge >= 0.3 is 11.4 Å². The van der Waals surface area contributed by atoms with Crippen LogP contribution in [0.5, 0.6) is 0 Å². The second-order valence-corrected chi connectivity index (χ2v) is 14.5. The van der Waals surface area contributed by atoms with E-state index >= 15 is 0 Å². The molecule has 1 aromatic carbocycles. The summed E-state index contributed by atoms with van der Waals surface area (Å²) in [5.41, 5.74) is 3.01. The van der Waals surface area contributed by atoms with Gasteiger partial charge in [0.05, 0.1) is 30.0 Å². The van der Waals surface area contributed by atoms with Gasteiger partial charge in [-0.25, -0.2) is 23.5 Å². The number of aliphatic hydroxyl groups is 2. The quantitative estimate of drug-likeness (QED) is 0.400. The van der Waals surface area contributed by atoms with Crippen molar-refractivity contribution in [2.24, 2.45) is 29.1 Å². The van der Waals surface area contributed by atoms with E-state index in [2.05, 4.69) is 33.8 Å². The zero-order chi connectivity index (χ0) is 29.9. The summed E-state index contributed by atoms with van der Waals surface area (Å²) < 4.78 is 4.68. The molecule has 2 saturated carbocycles. The van der Waals surface area contributed by atoms with Crippen molar-refractivity contribution in [1.82, 2.24) is 13.9 Å². The molecule has 2 N–H and O–H groups in total. The van der Waals surface area contributed by atoms with Gasteiger partial charge in [-0.1, -0.05) is 71.2 Å². The van der Waals surface area contributed by atoms with Crippen LogP contribution in [-0.2, 0) is 0 Å². The van der Waals surface area contributed by atoms with Crippen LogP contribution in [0, 0.1) is 29.1 Å². The number of hydrogen-bond donors (Lipinski definition) is 2. The Morgan fingerprint density at radius 2 is 1.69 bits per heavy atom. The van der Waals surface area contributed by atoms with Gasteiger partial charge in [0.15, 0.2) is 0 Å². The van der Waals surface area contributed by atoms with E-state index in [1.54, 1.807) is 21.5 Å². The minimum absolute atomic E-state index is 0.154. The normalized spacial score (nSPS) is 33.3. The Labute approximate surface area is 249 Å². The van der Waals surface area contributed by atoms with Gasteiger partial charge < -0.3 is 10.2 Å². The van der Waals surface area contributed by atoms with E-state index in [1.807, 2.05) is 25.1 Å². The third kappa shape index (κ3) is 4.71. The summed E-state index contributed by atoms with van der Waals surface area (Å²) in [5.74, 6) is 2.39. The molecule has 1 aromatic heterocycles. The lowest BCUT2D eigenvalue weighted by Gasteiger charge is -2.49. The van der Waals surface area contributed by atoms with Crippen molar-refractivity contribution in [1.29, 1.82) is 0 Å². The zero-order valence-electron chi connectivity index (χ0n) is 26.0. The number of fused-ring (bicyclic) bond motifs is 5. The highest BCUT2D eigenvalue weighted by molar-refractivity contribution is 5.37. The van der Waals surface area contributed by atoms with E-state index in [4.69, 9.17) is 0 Å². The van der Waals surface area contributed by atoms with Gasteiger partial charge in [0.1, 0.15) is 0 Å². The van der Waals surface area contributed by atoms with Gasteiger partial charge in [-0.3, -0.25) is 0 Å². The molecule has 6 rings (SSSR count). The average molecular weight is 576 g/mol. The second-order valence-electron chi connectivity index (χ2n) is 14.5. The third-order valence-corrected chi connectivity index (χ3v) is 11.5. The predicted molar refractivity (Wildman–Crippen MR) is 166 cm³/mol. The maximum Gasteiger partial charge on any atom is 0.352 e. The van der Waals surface area contributed by atoms with Crippen molar-refractivity contribution in [3.63, 3.8) is 0 Å². The monoisotopic (exact) mass is 575 g/mol. The smallest absolute Gasteiger partial charge is 0.352 e. The molecule has 7 heteroatoms. The number of nitrogens with zero attached hydrogens (tertiary/aromatic N) is 3. The van der Waals surface area contributed by atoms with Crippen molar-refractivity contribution in [3.05, 3.63) is 74.1 Å². The highest BCUT2D eigenvalue weighted by Gasteiger charge is 2.55. The SMILES string of the molecule is CC1=C(C2C=C3[C@@H](CC[C@@]4(C)[C@H]3CC[C@H]4[C@@H](C)CCCC(C)C)n3c(=O)n(-c4ccccc4)c(=O)n32)C[C@H](O)C[C@H]1O. The first-order valence-electron chi connectivity index (χ1n) is 16.3. The highest BCUT2D eigenvalue weighted by atomic mass is 16.3. The Bertz CT molecular complexity index is 1490. The van der Waals surface area contributed by atoms with Gasteiger partial charge in [-0.2, -0.15) is 0 Å². The van der Waals surface area contributed by atoms with E-state index in [-0.39, 0.29) is 22.8 Å². The van der Waals surface area contributed by atoms with Crippen LogP contribution >= 0.6 is 0 Å². The van der Waals surface area contributed by atoms with Gasteiger partial charge in [0, 0.05) is 6.42 Å². The maximum atomic E-state index is 14.2. The highest BCUT2D eigenvalue weighted by Crippen LogP contribution is 2.62. The molecule has 0 amide bonds. The molecule has 3 aliphatic carbocycles. The zero-order valence-corrected chi connectivity index (χ0v) is 26.0. The average Bonchev–Trinajstić information content (AvgIpc) is 3.44. The molecule has 8 atom stereocenters. The summed E-state index contributed by atoms with van der Waals surface area (Å²) in [5, 5.41) is 21.5. The minimum Gasteiger partial charge on any atom is -0.393 e. The molecule has 228 valence electrons. The van der Waals surface area contributed by atoms with Crippen molar-refractivity contribution in [2.45, 2.75) is 117 Å². The van der Waals surface area contributed by atoms with Gasteiger partial charge in [0.25, 0.3) is 0 Å². The largest absolute Gasteiger partial charge is 0.393 e. The topological polar surface area (TPSA) is 89.4 Å². The Kier molecular flexibility index (Phi) is 7.80. The number of allylic oxidation sites excluding steroid dienone is 2. The molecule has 1 unspecified atom stereocenters. The molecule has 7 nitrogen and oxygen atoms in total. The van der Waals surface area contributed by atoms with Crippen molar-refractivity contribution in [2.75, 3.05) is 0 Å². The molecule has 1 aliphatic heterocycles. The minimum atomic E-state index is -0.758. The lowest BCUT2D eigenvalue weighted by Crippen LogP contribution is -2.46. The first kappa shape index (κ1) is 29.4. The van der Waals surface area contributed by atoms with Crippen molar-refractivity contribution >= 4 is 0 Å². The van der Waals surface area contributed by atoms with Crippen LogP contribution in [0.4, 0.5) is 0 Å². The van der Waals surface area contributed by atoms with E-state index < -0.39 is 18.2 Å². The number of para-hydroxylation sites is 1. The van der Waals surface area contributed by atoms with Gasteiger partial charge in [0.2, 0.25) is 0 Å². The number of aliphatic hydroxyl groups excluding tert-OH is 2. The summed E-state index contributed by atoms with van der Waals surface area (Å²) >= 11 is 0. The Hall–Kier alpha value is -2.64. The van der Waals surface area contributed by atoms with Crippen molar-refractivity contribution < 1.29 is 10.2 Å². The Balaban J connectivity index is 1.46. The maximum absolute atomic E-state index is 14.2. The molecule has 2 aromatic rings. The Morgan fingerprint density at radius 1 is 0.976 bits per heavy atom. The van der Waals surface area contributed by atoms with E-state index in [9.17, 15) is 19.8 Å². The lowest BCUT2D eigenvalue weighted by atomic mass is 9.59. The molecule has 2 heterocycles. The molecule has 4 aliphatic rings. The van der Waals surface area contributed by atoms with Crippen LogP contribution < -0.4 is 11.4 Å². The summed E-state index contributed by atoms with van der Waals surface area (Å²) in [7, 11) is 0. The van der Waals surface area contributed by atoms with Crippen LogP contribution in [0.2, 0.25) is 0 Å². The lowest BCUT2D eigenvalue weighted by molar-refractivity contribution is 0.0677. The van der Waals surface area contributed by atoms with Crippen LogP contribution in [0.3, 0.4) is 0 Å². The number of benzene rings is 1. The fourth-order valence-electron chi connectivity index (χ4n) is 9.30. The second kappa shape index (κ2) is 11.1. The fourth-order valence-corrected chi connectivity index (χ4v) is 9.30. The van der Waals surface area contributed by atoms with Crippen LogP contribution in [0.25, 0.3) is 5.69 Å². The van der Waals surface area contributed by atoms with E-state index in [0.29, 0.717) is 36.3 Å². The standard InChI is InChI=1S/C35H49N3O4/c1-21(2)10-9-11-22(3)28-14-15-29-27-20-31(26-18-25(39)19-32(40)23(26)4)38-34(42)36(24-12-7-6-8-13-24)33(41)37(38)30(27)16-17-35(28,29)5/h6-8,12-13,20-22,25,28-32,39-40H,9-11,14-19H2,1-5H3/t22-,25-,28-,29-,30+,31?,32+,35+/m0/s1. The van der Waals surface area contributed by atoms with Crippen LogP contribution in [0.15, 0.2) is 62.7 Å². The molecular weight excluding hydrogens is 526 g/mol. The number of rotatable bonds is 7. The van der Waals surface area contributed by atoms with Crippen LogP contribution in [-0.4, -0.2) is 36.4 Å². The first-order chi connectivity index (χ1) is 20.0. The molecular formula is C35H49N3O4. The number of aromatic nitrogens is 3. The summed E-state index contributed by atoms with van der Waals surface area (Å²) in [6, 6.07) is 8.52. The Morgan fingerprint density at radius 3 is 2.40 bits per heavy atom. The van der Waals surface area contributed by atoms with Gasteiger partial charge in [-0.15, -0.1) is 0 Å². The molecule has 0 saturated heterocycles. The van der Waals surface area contributed by atoms with Gasteiger partial charge in [-0.05, 0) is 97.0 Å². The predicted octanol–water partition coefficient (Wildman–Crippen LogP) is 5.94. The summed E-state index contributed by atoms with van der Waals surface area (Å²) in [6.07, 6.45) is 9.50.